The Morgan fingerprint density at radius 2 is 2.00 bits per heavy atom. The van der Waals surface area contributed by atoms with Gasteiger partial charge in [0.1, 0.15) is 0 Å². The van der Waals surface area contributed by atoms with Crippen LogP contribution in [0.15, 0.2) is 0 Å². The molecule has 3 N–H and O–H groups in total. The maximum absolute atomic E-state index is 12.3. The summed E-state index contributed by atoms with van der Waals surface area (Å²) < 4.78 is 0. The molecule has 0 radical (unpaired) electrons. The Kier molecular flexibility index (Phi) is 6.80. The molecule has 0 aromatic carbocycles. The standard InChI is InChI=1S/C15H31N3O/c1-5-18(6-2)10-12(4)17-15(19)14-9-13(16)8-7-11(14)3/h11-14H,5-10,16H2,1-4H3,(H,17,19). The van der Waals surface area contributed by atoms with Gasteiger partial charge < -0.3 is 16.0 Å². The molecular weight excluding hydrogens is 238 g/mol. The molecule has 0 spiro atoms. The third kappa shape index (κ3) is 5.11. The van der Waals surface area contributed by atoms with Crippen LogP contribution in [0.25, 0.3) is 0 Å². The molecule has 1 fully saturated rings. The maximum Gasteiger partial charge on any atom is 0.223 e. The van der Waals surface area contributed by atoms with Crippen molar-refractivity contribution in [2.45, 2.75) is 59.0 Å². The summed E-state index contributed by atoms with van der Waals surface area (Å²) in [5, 5.41) is 3.16. The van der Waals surface area contributed by atoms with Gasteiger partial charge in [0.15, 0.2) is 0 Å². The van der Waals surface area contributed by atoms with E-state index in [0.29, 0.717) is 5.92 Å². The van der Waals surface area contributed by atoms with Gasteiger partial charge in [0.2, 0.25) is 5.91 Å². The highest BCUT2D eigenvalue weighted by molar-refractivity contribution is 5.79. The fourth-order valence-corrected chi connectivity index (χ4v) is 2.98. The lowest BCUT2D eigenvalue weighted by atomic mass is 9.77. The van der Waals surface area contributed by atoms with Crippen LogP contribution >= 0.6 is 0 Å². The number of nitrogens with one attached hydrogen (secondary N) is 1. The van der Waals surface area contributed by atoms with Crippen molar-refractivity contribution >= 4 is 5.91 Å². The predicted octanol–water partition coefficient (Wildman–Crippen LogP) is 1.60. The first-order valence-corrected chi connectivity index (χ1v) is 7.76. The first kappa shape index (κ1) is 16.4. The van der Waals surface area contributed by atoms with Crippen LogP contribution in [0.5, 0.6) is 0 Å². The van der Waals surface area contributed by atoms with Gasteiger partial charge in [0.25, 0.3) is 0 Å². The van der Waals surface area contributed by atoms with Gasteiger partial charge in [-0.25, -0.2) is 0 Å². The normalized spacial score (nSPS) is 29.3. The summed E-state index contributed by atoms with van der Waals surface area (Å²) in [6.45, 7) is 11.5. The average Bonchev–Trinajstić information content (AvgIpc) is 2.38. The minimum absolute atomic E-state index is 0.0999. The average molecular weight is 269 g/mol. The topological polar surface area (TPSA) is 58.4 Å². The van der Waals surface area contributed by atoms with Gasteiger partial charge in [0, 0.05) is 24.5 Å². The maximum atomic E-state index is 12.3. The molecule has 19 heavy (non-hydrogen) atoms. The van der Waals surface area contributed by atoms with Gasteiger partial charge >= 0.3 is 0 Å². The van der Waals surface area contributed by atoms with Crippen LogP contribution in [0, 0.1) is 11.8 Å². The second kappa shape index (κ2) is 7.85. The van der Waals surface area contributed by atoms with Crippen LogP contribution in [-0.4, -0.2) is 42.5 Å². The molecule has 1 amide bonds. The minimum atomic E-state index is 0.0999. The SMILES string of the molecule is CCN(CC)CC(C)NC(=O)C1CC(N)CCC1C. The molecule has 1 aliphatic rings. The second-order valence-corrected chi connectivity index (χ2v) is 6.05. The summed E-state index contributed by atoms with van der Waals surface area (Å²) in [4.78, 5) is 14.7. The molecule has 112 valence electrons. The molecule has 4 heteroatoms. The Bertz CT molecular complexity index is 279. The van der Waals surface area contributed by atoms with E-state index < -0.39 is 0 Å². The lowest BCUT2D eigenvalue weighted by Gasteiger charge is -2.33. The Morgan fingerprint density at radius 1 is 1.37 bits per heavy atom. The summed E-state index contributed by atoms with van der Waals surface area (Å²) in [5.41, 5.74) is 5.99. The molecular formula is C15H31N3O. The summed E-state index contributed by atoms with van der Waals surface area (Å²) >= 11 is 0. The molecule has 0 saturated heterocycles. The molecule has 0 aromatic heterocycles. The van der Waals surface area contributed by atoms with Crippen LogP contribution in [0.4, 0.5) is 0 Å². The van der Waals surface area contributed by atoms with Crippen molar-refractivity contribution in [3.63, 3.8) is 0 Å². The molecule has 1 aliphatic carbocycles. The van der Waals surface area contributed by atoms with Crippen LogP contribution in [0.2, 0.25) is 0 Å². The van der Waals surface area contributed by atoms with Crippen LogP contribution in [0.3, 0.4) is 0 Å². The summed E-state index contributed by atoms with van der Waals surface area (Å²) in [7, 11) is 0. The van der Waals surface area contributed by atoms with E-state index in [0.717, 1.165) is 38.9 Å². The highest BCUT2D eigenvalue weighted by atomic mass is 16.2. The molecule has 4 nitrogen and oxygen atoms in total. The van der Waals surface area contributed by atoms with E-state index in [9.17, 15) is 4.79 Å². The van der Waals surface area contributed by atoms with Crippen molar-refractivity contribution in [1.82, 2.24) is 10.2 Å². The molecule has 0 bridgehead atoms. The minimum Gasteiger partial charge on any atom is -0.352 e. The van der Waals surface area contributed by atoms with Gasteiger partial charge in [-0.2, -0.15) is 0 Å². The number of likely N-dealkylation sites (N-methyl/N-ethyl adjacent to an activating group) is 1. The van der Waals surface area contributed by atoms with Gasteiger partial charge in [0.05, 0.1) is 0 Å². The number of amides is 1. The van der Waals surface area contributed by atoms with Crippen LogP contribution in [-0.2, 0) is 4.79 Å². The quantitative estimate of drug-likeness (QED) is 0.770. The van der Waals surface area contributed by atoms with E-state index >= 15 is 0 Å². The van der Waals surface area contributed by atoms with Gasteiger partial charge in [-0.1, -0.05) is 20.8 Å². The molecule has 1 rings (SSSR count). The lowest BCUT2D eigenvalue weighted by molar-refractivity contribution is -0.128. The molecule has 0 heterocycles. The van der Waals surface area contributed by atoms with Crippen LogP contribution in [0.1, 0.15) is 47.0 Å². The zero-order chi connectivity index (χ0) is 14.4. The third-order valence-electron chi connectivity index (χ3n) is 4.39. The van der Waals surface area contributed by atoms with Crippen LogP contribution < -0.4 is 11.1 Å². The smallest absolute Gasteiger partial charge is 0.223 e. The zero-order valence-electron chi connectivity index (χ0n) is 13.0. The van der Waals surface area contributed by atoms with E-state index in [1.54, 1.807) is 0 Å². The summed E-state index contributed by atoms with van der Waals surface area (Å²) in [6.07, 6.45) is 2.97. The Labute approximate surface area is 118 Å². The number of nitrogens with zero attached hydrogens (tertiary/aromatic N) is 1. The third-order valence-corrected chi connectivity index (χ3v) is 4.39. The van der Waals surface area contributed by atoms with Gasteiger partial charge in [-0.15, -0.1) is 0 Å². The number of hydrogen-bond acceptors (Lipinski definition) is 3. The highest BCUT2D eigenvalue weighted by Crippen LogP contribution is 2.29. The molecule has 1 saturated carbocycles. The molecule has 0 aromatic rings. The Hall–Kier alpha value is -0.610. The first-order valence-electron chi connectivity index (χ1n) is 7.76. The highest BCUT2D eigenvalue weighted by Gasteiger charge is 2.31. The van der Waals surface area contributed by atoms with E-state index in [1.165, 1.54) is 0 Å². The van der Waals surface area contributed by atoms with E-state index in [1.807, 2.05) is 0 Å². The number of carbonyl (C=O) groups is 1. The van der Waals surface area contributed by atoms with E-state index in [-0.39, 0.29) is 23.9 Å². The number of rotatable bonds is 6. The van der Waals surface area contributed by atoms with Crippen molar-refractivity contribution in [3.8, 4) is 0 Å². The fourth-order valence-electron chi connectivity index (χ4n) is 2.98. The first-order chi connectivity index (χ1) is 8.97. The monoisotopic (exact) mass is 269 g/mol. The van der Waals surface area contributed by atoms with Crippen molar-refractivity contribution < 1.29 is 4.79 Å². The number of hydrogen-bond donors (Lipinski definition) is 2. The molecule has 0 aliphatic heterocycles. The number of nitrogens with two attached hydrogens (primary N) is 1. The van der Waals surface area contributed by atoms with E-state index in [2.05, 4.69) is 37.9 Å². The van der Waals surface area contributed by atoms with E-state index in [4.69, 9.17) is 5.73 Å². The van der Waals surface area contributed by atoms with Crippen molar-refractivity contribution in [1.29, 1.82) is 0 Å². The van der Waals surface area contributed by atoms with Crippen molar-refractivity contribution in [2.75, 3.05) is 19.6 Å². The lowest BCUT2D eigenvalue weighted by Crippen LogP contribution is -2.47. The largest absolute Gasteiger partial charge is 0.352 e. The van der Waals surface area contributed by atoms with Crippen molar-refractivity contribution in [2.24, 2.45) is 17.6 Å². The molecule has 4 atom stereocenters. The van der Waals surface area contributed by atoms with Gasteiger partial charge in [-0.3, -0.25) is 4.79 Å². The Balaban J connectivity index is 2.44. The van der Waals surface area contributed by atoms with Gasteiger partial charge in [-0.05, 0) is 45.2 Å². The summed E-state index contributed by atoms with van der Waals surface area (Å²) in [5.74, 6) is 0.755. The van der Waals surface area contributed by atoms with Crippen molar-refractivity contribution in [3.05, 3.63) is 0 Å². The Morgan fingerprint density at radius 3 is 2.58 bits per heavy atom. The molecule has 4 unspecified atom stereocenters. The zero-order valence-corrected chi connectivity index (χ0v) is 13.0. The second-order valence-electron chi connectivity index (χ2n) is 6.05. The number of carbonyl (C=O) groups excluding carboxylic acids is 1. The predicted molar refractivity (Wildman–Crippen MR) is 79.9 cm³/mol. The summed E-state index contributed by atoms with van der Waals surface area (Å²) in [6, 6.07) is 0.405. The fraction of sp³-hybridized carbons (Fsp3) is 0.933.